The molecule has 0 spiro atoms. The minimum atomic E-state index is -0.149. The van der Waals surface area contributed by atoms with E-state index in [2.05, 4.69) is 24.1 Å². The molecular weight excluding hydrogens is 344 g/mol. The van der Waals surface area contributed by atoms with Crippen LogP contribution in [0.15, 0.2) is 24.3 Å². The molecule has 1 aromatic carbocycles. The largest absolute Gasteiger partial charge is 0.497 e. The van der Waals surface area contributed by atoms with Crippen LogP contribution in [0.25, 0.3) is 0 Å². The van der Waals surface area contributed by atoms with Crippen LogP contribution >= 0.6 is 0 Å². The van der Waals surface area contributed by atoms with Crippen LogP contribution < -0.4 is 15.0 Å². The van der Waals surface area contributed by atoms with E-state index >= 15 is 0 Å². The Morgan fingerprint density at radius 2 is 2.11 bits per heavy atom. The molecule has 2 fully saturated rings. The van der Waals surface area contributed by atoms with Gasteiger partial charge in [-0.05, 0) is 45.4 Å². The average Bonchev–Trinajstić information content (AvgIpc) is 3.15. The standard InChI is InChI=1S/C20H30N4O3/c1-15(2)23-9-5-7-17(23)13-21-20(26)22-10-11-24(19(25)14-22)16-6-4-8-18(12-16)27-3/h4,6,8,12,15,17H,5,7,9-11,13-14H2,1-3H3,(H,21,26)/t17-/m1/s1. The molecule has 0 radical (unpaired) electrons. The number of benzene rings is 1. The van der Waals surface area contributed by atoms with E-state index in [9.17, 15) is 9.59 Å². The summed E-state index contributed by atoms with van der Waals surface area (Å²) in [5.41, 5.74) is 0.804. The summed E-state index contributed by atoms with van der Waals surface area (Å²) in [6.07, 6.45) is 2.29. The van der Waals surface area contributed by atoms with E-state index in [1.807, 2.05) is 24.3 Å². The van der Waals surface area contributed by atoms with E-state index in [4.69, 9.17) is 4.74 Å². The maximum atomic E-state index is 12.6. The summed E-state index contributed by atoms with van der Waals surface area (Å²) in [5, 5.41) is 3.03. The number of hydrogen-bond donors (Lipinski definition) is 1. The summed E-state index contributed by atoms with van der Waals surface area (Å²) in [6, 6.07) is 8.17. The number of urea groups is 1. The summed E-state index contributed by atoms with van der Waals surface area (Å²) in [4.78, 5) is 30.8. The fourth-order valence-corrected chi connectivity index (χ4v) is 3.97. The molecule has 1 N–H and O–H groups in total. The average molecular weight is 374 g/mol. The molecule has 2 heterocycles. The molecule has 0 unspecified atom stereocenters. The highest BCUT2D eigenvalue weighted by Gasteiger charge is 2.30. The molecule has 7 heteroatoms. The van der Waals surface area contributed by atoms with Crippen molar-refractivity contribution in [2.24, 2.45) is 0 Å². The molecule has 2 aliphatic heterocycles. The third kappa shape index (κ3) is 4.53. The number of piperazine rings is 1. The Labute approximate surface area is 161 Å². The van der Waals surface area contributed by atoms with E-state index in [1.165, 1.54) is 6.42 Å². The molecule has 0 bridgehead atoms. The highest BCUT2D eigenvalue weighted by molar-refractivity contribution is 5.97. The first-order valence-corrected chi connectivity index (χ1v) is 9.72. The van der Waals surface area contributed by atoms with Crippen molar-refractivity contribution in [1.29, 1.82) is 0 Å². The van der Waals surface area contributed by atoms with Gasteiger partial charge in [0.2, 0.25) is 5.91 Å². The Kier molecular flexibility index (Phi) is 6.21. The number of ether oxygens (including phenoxy) is 1. The number of anilines is 1. The van der Waals surface area contributed by atoms with E-state index in [1.54, 1.807) is 16.9 Å². The van der Waals surface area contributed by atoms with Gasteiger partial charge in [-0.2, -0.15) is 0 Å². The first-order valence-electron chi connectivity index (χ1n) is 9.72. The Bertz CT molecular complexity index is 679. The molecule has 0 saturated carbocycles. The first-order chi connectivity index (χ1) is 13.0. The Hall–Kier alpha value is -2.28. The van der Waals surface area contributed by atoms with Crippen LogP contribution in [0.3, 0.4) is 0 Å². The van der Waals surface area contributed by atoms with Crippen LogP contribution in [0.5, 0.6) is 5.75 Å². The quantitative estimate of drug-likeness (QED) is 0.855. The number of hydrogen-bond acceptors (Lipinski definition) is 4. The van der Waals surface area contributed by atoms with Gasteiger partial charge in [-0.1, -0.05) is 6.07 Å². The highest BCUT2D eigenvalue weighted by Crippen LogP contribution is 2.23. The summed E-state index contributed by atoms with van der Waals surface area (Å²) in [5.74, 6) is 0.640. The van der Waals surface area contributed by atoms with Gasteiger partial charge in [-0.15, -0.1) is 0 Å². The van der Waals surface area contributed by atoms with Crippen LogP contribution in [0.4, 0.5) is 10.5 Å². The Balaban J connectivity index is 1.53. The molecule has 2 aliphatic rings. The predicted octanol–water partition coefficient (Wildman–Crippen LogP) is 1.93. The molecule has 1 atom stereocenters. The van der Waals surface area contributed by atoms with Gasteiger partial charge < -0.3 is 19.9 Å². The van der Waals surface area contributed by atoms with Crippen molar-refractivity contribution in [2.75, 3.05) is 44.7 Å². The van der Waals surface area contributed by atoms with Gasteiger partial charge in [-0.3, -0.25) is 9.69 Å². The van der Waals surface area contributed by atoms with Crippen LogP contribution in [-0.4, -0.2) is 73.7 Å². The fourth-order valence-electron chi connectivity index (χ4n) is 3.97. The van der Waals surface area contributed by atoms with Crippen molar-refractivity contribution >= 4 is 17.6 Å². The normalized spacial score (nSPS) is 21.0. The molecule has 2 saturated heterocycles. The zero-order valence-electron chi connectivity index (χ0n) is 16.5. The number of rotatable bonds is 5. The second-order valence-electron chi connectivity index (χ2n) is 7.48. The van der Waals surface area contributed by atoms with Gasteiger partial charge in [0.1, 0.15) is 12.3 Å². The lowest BCUT2D eigenvalue weighted by molar-refractivity contribution is -0.120. The number of amides is 3. The van der Waals surface area contributed by atoms with E-state index in [0.717, 1.165) is 18.7 Å². The van der Waals surface area contributed by atoms with Crippen LogP contribution in [0, 0.1) is 0 Å². The second-order valence-corrected chi connectivity index (χ2v) is 7.48. The van der Waals surface area contributed by atoms with Gasteiger partial charge in [0.15, 0.2) is 0 Å². The topological polar surface area (TPSA) is 65.1 Å². The minimum absolute atomic E-state index is 0.0747. The molecule has 1 aromatic rings. The zero-order valence-corrected chi connectivity index (χ0v) is 16.5. The maximum Gasteiger partial charge on any atom is 0.317 e. The Morgan fingerprint density at radius 1 is 1.30 bits per heavy atom. The number of likely N-dealkylation sites (tertiary alicyclic amines) is 1. The molecule has 7 nitrogen and oxygen atoms in total. The zero-order chi connectivity index (χ0) is 19.4. The number of nitrogens with zero attached hydrogens (tertiary/aromatic N) is 3. The molecule has 3 rings (SSSR count). The van der Waals surface area contributed by atoms with Gasteiger partial charge in [0.05, 0.1) is 7.11 Å². The second kappa shape index (κ2) is 8.61. The van der Waals surface area contributed by atoms with Gasteiger partial charge >= 0.3 is 6.03 Å². The monoisotopic (exact) mass is 374 g/mol. The lowest BCUT2D eigenvalue weighted by Crippen LogP contribution is -2.56. The molecule has 3 amide bonds. The van der Waals surface area contributed by atoms with E-state index < -0.39 is 0 Å². The smallest absolute Gasteiger partial charge is 0.317 e. The number of nitrogens with one attached hydrogen (secondary N) is 1. The molecular formula is C20H30N4O3. The molecule has 148 valence electrons. The maximum absolute atomic E-state index is 12.6. The summed E-state index contributed by atoms with van der Waals surface area (Å²) in [7, 11) is 1.61. The van der Waals surface area contributed by atoms with Crippen molar-refractivity contribution in [2.45, 2.75) is 38.8 Å². The highest BCUT2D eigenvalue weighted by atomic mass is 16.5. The van der Waals surface area contributed by atoms with Crippen molar-refractivity contribution in [1.82, 2.24) is 15.1 Å². The van der Waals surface area contributed by atoms with Gasteiger partial charge in [0.25, 0.3) is 0 Å². The SMILES string of the molecule is COc1cccc(N2CCN(C(=O)NC[C@H]3CCCN3C(C)C)CC2=O)c1. The van der Waals surface area contributed by atoms with Crippen molar-refractivity contribution in [3.05, 3.63) is 24.3 Å². The van der Waals surface area contributed by atoms with E-state index in [0.29, 0.717) is 37.5 Å². The lowest BCUT2D eigenvalue weighted by atomic mass is 10.2. The fraction of sp³-hybridized carbons (Fsp3) is 0.600. The van der Waals surface area contributed by atoms with Gasteiger partial charge in [-0.25, -0.2) is 4.79 Å². The van der Waals surface area contributed by atoms with Gasteiger partial charge in [0, 0.05) is 43.5 Å². The minimum Gasteiger partial charge on any atom is -0.497 e. The van der Waals surface area contributed by atoms with Crippen LogP contribution in [-0.2, 0) is 4.79 Å². The first kappa shape index (κ1) is 19.5. The summed E-state index contributed by atoms with van der Waals surface area (Å²) in [6.45, 7) is 7.22. The molecule has 0 aromatic heterocycles. The van der Waals surface area contributed by atoms with Crippen LogP contribution in [0.2, 0.25) is 0 Å². The van der Waals surface area contributed by atoms with Crippen molar-refractivity contribution in [3.63, 3.8) is 0 Å². The summed E-state index contributed by atoms with van der Waals surface area (Å²) >= 11 is 0. The molecule has 27 heavy (non-hydrogen) atoms. The lowest BCUT2D eigenvalue weighted by Gasteiger charge is -2.35. The molecule has 0 aliphatic carbocycles. The number of methoxy groups -OCH3 is 1. The predicted molar refractivity (Wildman–Crippen MR) is 105 cm³/mol. The van der Waals surface area contributed by atoms with E-state index in [-0.39, 0.29) is 18.5 Å². The third-order valence-corrected chi connectivity index (χ3v) is 5.45. The number of carbonyl (C=O) groups excluding carboxylic acids is 2. The number of carbonyl (C=O) groups is 2. The third-order valence-electron chi connectivity index (χ3n) is 5.45. The van der Waals surface area contributed by atoms with Crippen molar-refractivity contribution in [3.8, 4) is 5.75 Å². The Morgan fingerprint density at radius 3 is 2.81 bits per heavy atom. The van der Waals surface area contributed by atoms with Crippen LogP contribution in [0.1, 0.15) is 26.7 Å². The van der Waals surface area contributed by atoms with Crippen molar-refractivity contribution < 1.29 is 14.3 Å². The summed E-state index contributed by atoms with van der Waals surface area (Å²) < 4.78 is 5.23.